The summed E-state index contributed by atoms with van der Waals surface area (Å²) in [4.78, 5) is 0. The summed E-state index contributed by atoms with van der Waals surface area (Å²) in [7, 11) is 0. The molecule has 16 heavy (non-hydrogen) atoms. The Morgan fingerprint density at radius 1 is 0.875 bits per heavy atom. The van der Waals surface area contributed by atoms with Gasteiger partial charge in [0.25, 0.3) is 0 Å². The van der Waals surface area contributed by atoms with E-state index in [0.717, 1.165) is 5.92 Å². The van der Waals surface area contributed by atoms with E-state index in [1.807, 2.05) is 0 Å². The Morgan fingerprint density at radius 2 is 1.31 bits per heavy atom. The average molecular weight is 225 g/mol. The lowest BCUT2D eigenvalue weighted by Gasteiger charge is -2.39. The van der Waals surface area contributed by atoms with Crippen molar-refractivity contribution in [2.45, 2.75) is 74.1 Å². The van der Waals surface area contributed by atoms with Gasteiger partial charge in [0, 0.05) is 0 Å². The van der Waals surface area contributed by atoms with E-state index >= 15 is 0 Å². The molecule has 0 aliphatic carbocycles. The second-order valence-corrected chi connectivity index (χ2v) is 6.72. The standard InChI is InChI=1S/C16H33/c1-9-14(16(7,8)11-3)12-13(4)15(5,6)10-2/h13-14H,4,9-12H2,1-3,5-8H3. The van der Waals surface area contributed by atoms with Crippen molar-refractivity contribution in [1.82, 2.24) is 0 Å². The maximum atomic E-state index is 4.42. The summed E-state index contributed by atoms with van der Waals surface area (Å²) in [5, 5.41) is 0. The van der Waals surface area contributed by atoms with Crippen LogP contribution in [0, 0.1) is 29.6 Å². The van der Waals surface area contributed by atoms with E-state index in [1.54, 1.807) is 0 Å². The van der Waals surface area contributed by atoms with Crippen LogP contribution in [0.15, 0.2) is 0 Å². The first-order chi connectivity index (χ1) is 7.21. The molecule has 0 heteroatoms. The van der Waals surface area contributed by atoms with Crippen molar-refractivity contribution in [3.05, 3.63) is 6.92 Å². The van der Waals surface area contributed by atoms with Crippen LogP contribution in [-0.2, 0) is 0 Å². The van der Waals surface area contributed by atoms with Crippen LogP contribution in [0.1, 0.15) is 74.1 Å². The van der Waals surface area contributed by atoms with Gasteiger partial charge in [-0.15, -0.1) is 0 Å². The molecule has 0 saturated carbocycles. The molecule has 0 heterocycles. The molecule has 2 atom stereocenters. The Balaban J connectivity index is 4.56. The van der Waals surface area contributed by atoms with Gasteiger partial charge in [0.05, 0.1) is 0 Å². The van der Waals surface area contributed by atoms with Gasteiger partial charge in [-0.05, 0) is 36.0 Å². The first-order valence-corrected chi connectivity index (χ1v) is 7.04. The Morgan fingerprint density at radius 3 is 1.62 bits per heavy atom. The topological polar surface area (TPSA) is 0 Å². The smallest absolute Gasteiger partial charge is 0.0328 e. The monoisotopic (exact) mass is 225 g/mol. The van der Waals surface area contributed by atoms with Crippen molar-refractivity contribution in [1.29, 1.82) is 0 Å². The minimum atomic E-state index is 0.386. The summed E-state index contributed by atoms with van der Waals surface area (Å²) in [6.07, 6.45) is 5.06. The summed E-state index contributed by atoms with van der Waals surface area (Å²) in [5.41, 5.74) is 0.853. The molecule has 0 rings (SSSR count). The molecule has 97 valence electrons. The summed E-state index contributed by atoms with van der Waals surface area (Å²) < 4.78 is 0. The van der Waals surface area contributed by atoms with Gasteiger partial charge in [0.1, 0.15) is 0 Å². The molecule has 0 aromatic rings. The van der Waals surface area contributed by atoms with Crippen molar-refractivity contribution in [2.24, 2.45) is 22.7 Å². The SMILES string of the molecule is [CH2]C(CC(CC)C(C)(C)CC)C(C)(C)CC. The molecule has 1 radical (unpaired) electrons. The van der Waals surface area contributed by atoms with Crippen LogP contribution >= 0.6 is 0 Å². The molecule has 0 saturated heterocycles. The lowest BCUT2D eigenvalue weighted by Crippen LogP contribution is -2.29. The summed E-state index contributed by atoms with van der Waals surface area (Å²) in [5.74, 6) is 1.39. The molecule has 0 bridgehead atoms. The first kappa shape index (κ1) is 16.0. The lowest BCUT2D eigenvalue weighted by molar-refractivity contribution is 0.125. The quantitative estimate of drug-likeness (QED) is 0.519. The van der Waals surface area contributed by atoms with Gasteiger partial charge in [-0.2, -0.15) is 0 Å². The molecule has 0 aromatic carbocycles. The fourth-order valence-corrected chi connectivity index (χ4v) is 2.28. The Bertz CT molecular complexity index is 188. The Kier molecular flexibility index (Phi) is 6.07. The second-order valence-electron chi connectivity index (χ2n) is 6.72. The highest BCUT2D eigenvalue weighted by atomic mass is 14.4. The highest BCUT2D eigenvalue weighted by molar-refractivity contribution is 4.85. The van der Waals surface area contributed by atoms with Gasteiger partial charge in [-0.1, -0.05) is 67.7 Å². The minimum Gasteiger partial charge on any atom is -0.0651 e. The zero-order valence-electron chi connectivity index (χ0n) is 12.7. The molecule has 0 nitrogen and oxygen atoms in total. The van der Waals surface area contributed by atoms with Crippen molar-refractivity contribution in [3.8, 4) is 0 Å². The van der Waals surface area contributed by atoms with Crippen LogP contribution in [0.2, 0.25) is 0 Å². The third-order valence-electron chi connectivity index (χ3n) is 5.09. The molecule has 0 aliphatic heterocycles. The summed E-state index contributed by atoms with van der Waals surface area (Å²) in [6.45, 7) is 20.9. The Labute approximate surface area is 104 Å². The van der Waals surface area contributed by atoms with Crippen molar-refractivity contribution >= 4 is 0 Å². The average Bonchev–Trinajstić information content (AvgIpc) is 2.24. The number of hydrogen-bond donors (Lipinski definition) is 0. The lowest BCUT2D eigenvalue weighted by atomic mass is 9.66. The molecular formula is C16H33. The first-order valence-electron chi connectivity index (χ1n) is 7.04. The normalized spacial score (nSPS) is 17.2. The second kappa shape index (κ2) is 6.07. The molecule has 0 aliphatic rings. The largest absolute Gasteiger partial charge is 0.0651 e. The Hall–Kier alpha value is 0. The van der Waals surface area contributed by atoms with E-state index in [0.29, 0.717) is 16.7 Å². The van der Waals surface area contributed by atoms with Crippen LogP contribution in [-0.4, -0.2) is 0 Å². The zero-order valence-corrected chi connectivity index (χ0v) is 12.7. The summed E-state index contributed by atoms with van der Waals surface area (Å²) >= 11 is 0. The van der Waals surface area contributed by atoms with Gasteiger partial charge in [-0.25, -0.2) is 0 Å². The van der Waals surface area contributed by atoms with Gasteiger partial charge >= 0.3 is 0 Å². The third kappa shape index (κ3) is 4.11. The van der Waals surface area contributed by atoms with Crippen molar-refractivity contribution < 1.29 is 0 Å². The molecule has 0 aromatic heterocycles. The van der Waals surface area contributed by atoms with Crippen molar-refractivity contribution in [2.75, 3.05) is 0 Å². The fourth-order valence-electron chi connectivity index (χ4n) is 2.28. The maximum absolute atomic E-state index is 4.42. The van der Waals surface area contributed by atoms with Gasteiger partial charge < -0.3 is 0 Å². The predicted octanol–water partition coefficient (Wildman–Crippen LogP) is 5.73. The third-order valence-corrected chi connectivity index (χ3v) is 5.09. The maximum Gasteiger partial charge on any atom is -0.0328 e. The highest BCUT2D eigenvalue weighted by Gasteiger charge is 2.32. The minimum absolute atomic E-state index is 0.386. The predicted molar refractivity (Wildman–Crippen MR) is 75.4 cm³/mol. The molecule has 2 unspecified atom stereocenters. The van der Waals surface area contributed by atoms with E-state index in [-0.39, 0.29) is 0 Å². The van der Waals surface area contributed by atoms with E-state index in [9.17, 15) is 0 Å². The van der Waals surface area contributed by atoms with Crippen LogP contribution in [0.25, 0.3) is 0 Å². The highest BCUT2D eigenvalue weighted by Crippen LogP contribution is 2.42. The van der Waals surface area contributed by atoms with E-state index in [2.05, 4.69) is 55.4 Å². The fraction of sp³-hybridized carbons (Fsp3) is 0.938. The van der Waals surface area contributed by atoms with Crippen LogP contribution in [0.5, 0.6) is 0 Å². The number of hydrogen-bond acceptors (Lipinski definition) is 0. The van der Waals surface area contributed by atoms with Gasteiger partial charge in [0.15, 0.2) is 0 Å². The van der Waals surface area contributed by atoms with Crippen LogP contribution in [0.3, 0.4) is 0 Å². The zero-order chi connectivity index (χ0) is 13.0. The molecule has 0 spiro atoms. The molecular weight excluding hydrogens is 192 g/mol. The van der Waals surface area contributed by atoms with Crippen LogP contribution < -0.4 is 0 Å². The summed E-state index contributed by atoms with van der Waals surface area (Å²) in [6, 6.07) is 0. The number of rotatable bonds is 7. The van der Waals surface area contributed by atoms with E-state index < -0.39 is 0 Å². The molecule has 0 fully saturated rings. The molecule has 0 amide bonds. The van der Waals surface area contributed by atoms with Crippen LogP contribution in [0.4, 0.5) is 0 Å². The van der Waals surface area contributed by atoms with E-state index in [4.69, 9.17) is 0 Å². The van der Waals surface area contributed by atoms with Crippen molar-refractivity contribution in [3.63, 3.8) is 0 Å². The van der Waals surface area contributed by atoms with E-state index in [1.165, 1.54) is 25.7 Å². The van der Waals surface area contributed by atoms with Gasteiger partial charge in [0.2, 0.25) is 0 Å². The molecule has 0 N–H and O–H groups in total. The van der Waals surface area contributed by atoms with Gasteiger partial charge in [-0.3, -0.25) is 0 Å².